The van der Waals surface area contributed by atoms with Crippen LogP contribution in [0.1, 0.15) is 24.4 Å². The van der Waals surface area contributed by atoms with Crippen LogP contribution >= 0.6 is 11.3 Å². The molecule has 1 fully saturated rings. The highest BCUT2D eigenvalue weighted by atomic mass is 32.1. The molecule has 82 valence electrons. The summed E-state index contributed by atoms with van der Waals surface area (Å²) in [7, 11) is 1.43. The monoisotopic (exact) mass is 225 g/mol. The lowest BCUT2D eigenvalue weighted by molar-refractivity contribution is -0.143. The van der Waals surface area contributed by atoms with E-state index in [1.165, 1.54) is 20.0 Å². The van der Waals surface area contributed by atoms with Gasteiger partial charge in [-0.15, -0.1) is 0 Å². The molecular formula is C11H15NO2S. The quantitative estimate of drug-likeness (QED) is 0.778. The Balaban J connectivity index is 1.98. The second-order valence-electron chi connectivity index (χ2n) is 3.86. The minimum absolute atomic E-state index is 0.200. The minimum Gasteiger partial charge on any atom is -0.468 e. The van der Waals surface area contributed by atoms with Crippen LogP contribution in [0.15, 0.2) is 16.8 Å². The second-order valence-corrected chi connectivity index (χ2v) is 4.64. The molecule has 15 heavy (non-hydrogen) atoms. The van der Waals surface area contributed by atoms with Crippen molar-refractivity contribution in [3.63, 3.8) is 0 Å². The number of thiophene rings is 1. The lowest BCUT2D eigenvalue weighted by atomic mass is 10.1. The predicted octanol–water partition coefficient (Wildman–Crippen LogP) is 1.96. The molecule has 1 aromatic rings. The zero-order chi connectivity index (χ0) is 10.7. The normalized spacial score (nSPS) is 17.4. The summed E-state index contributed by atoms with van der Waals surface area (Å²) in [6.45, 7) is 0.912. The summed E-state index contributed by atoms with van der Waals surface area (Å²) in [6, 6.07) is 1.67. The molecule has 1 heterocycles. The van der Waals surface area contributed by atoms with Crippen molar-refractivity contribution in [2.24, 2.45) is 5.92 Å². The third kappa shape index (κ3) is 2.79. The predicted molar refractivity (Wildman–Crippen MR) is 59.8 cm³/mol. The van der Waals surface area contributed by atoms with Gasteiger partial charge in [-0.3, -0.25) is 0 Å². The molecule has 0 saturated heterocycles. The van der Waals surface area contributed by atoms with Gasteiger partial charge in [0.2, 0.25) is 0 Å². The van der Waals surface area contributed by atoms with Crippen molar-refractivity contribution >= 4 is 17.3 Å². The van der Waals surface area contributed by atoms with Gasteiger partial charge in [0.05, 0.1) is 7.11 Å². The first-order valence-electron chi connectivity index (χ1n) is 5.14. The Hall–Kier alpha value is -0.870. The van der Waals surface area contributed by atoms with Crippen molar-refractivity contribution in [1.82, 2.24) is 5.32 Å². The molecule has 0 bridgehead atoms. The van der Waals surface area contributed by atoms with E-state index in [1.807, 2.05) is 16.8 Å². The Bertz CT molecular complexity index is 319. The molecule has 4 heteroatoms. The number of nitrogens with one attached hydrogen (secondary N) is 1. The number of hydrogen-bond donors (Lipinski definition) is 1. The minimum atomic E-state index is -0.290. The van der Waals surface area contributed by atoms with Crippen molar-refractivity contribution < 1.29 is 9.53 Å². The molecule has 1 aromatic heterocycles. The lowest BCUT2D eigenvalue weighted by Gasteiger charge is -2.14. The summed E-state index contributed by atoms with van der Waals surface area (Å²) in [5, 5.41) is 7.23. The second kappa shape index (κ2) is 4.77. The zero-order valence-electron chi connectivity index (χ0n) is 8.73. The molecule has 0 amide bonds. The average molecular weight is 225 g/mol. The van der Waals surface area contributed by atoms with Gasteiger partial charge in [-0.1, -0.05) is 0 Å². The number of rotatable bonds is 5. The smallest absolute Gasteiger partial charge is 0.327 e. The zero-order valence-corrected chi connectivity index (χ0v) is 9.55. The third-order valence-corrected chi connectivity index (χ3v) is 3.32. The first kappa shape index (κ1) is 10.6. The fraction of sp³-hybridized carbons (Fsp3) is 0.545. The van der Waals surface area contributed by atoms with E-state index in [9.17, 15) is 4.79 Å². The van der Waals surface area contributed by atoms with Gasteiger partial charge < -0.3 is 10.1 Å². The van der Waals surface area contributed by atoms with E-state index in [4.69, 9.17) is 4.74 Å². The molecule has 1 saturated carbocycles. The maximum absolute atomic E-state index is 11.6. The Morgan fingerprint density at radius 2 is 2.53 bits per heavy atom. The highest BCUT2D eigenvalue weighted by Gasteiger charge is 2.26. The van der Waals surface area contributed by atoms with Gasteiger partial charge in [0.15, 0.2) is 0 Å². The Labute approximate surface area is 93.4 Å². The van der Waals surface area contributed by atoms with Crippen molar-refractivity contribution in [1.29, 1.82) is 0 Å². The van der Waals surface area contributed by atoms with Gasteiger partial charge in [0, 0.05) is 0 Å². The van der Waals surface area contributed by atoms with E-state index in [0.717, 1.165) is 18.0 Å². The molecule has 3 nitrogen and oxygen atoms in total. The molecule has 2 rings (SSSR count). The van der Waals surface area contributed by atoms with E-state index < -0.39 is 0 Å². The van der Waals surface area contributed by atoms with Gasteiger partial charge in [0.25, 0.3) is 0 Å². The van der Waals surface area contributed by atoms with Crippen LogP contribution in [0.4, 0.5) is 0 Å². The highest BCUT2D eigenvalue weighted by Crippen LogP contribution is 2.29. The Morgan fingerprint density at radius 3 is 3.07 bits per heavy atom. The fourth-order valence-electron chi connectivity index (χ4n) is 1.50. The summed E-state index contributed by atoms with van der Waals surface area (Å²) in [6.07, 6.45) is 2.56. The number of hydrogen-bond acceptors (Lipinski definition) is 4. The SMILES string of the molecule is COC(=O)[C@@H](NCC1CC1)c1ccsc1. The van der Waals surface area contributed by atoms with Crippen LogP contribution in [0.25, 0.3) is 0 Å². The maximum atomic E-state index is 11.6. The topological polar surface area (TPSA) is 38.3 Å². The fourth-order valence-corrected chi connectivity index (χ4v) is 2.19. The van der Waals surface area contributed by atoms with Crippen LogP contribution in [0.2, 0.25) is 0 Å². The standard InChI is InChI=1S/C11H15NO2S/c1-14-11(13)10(9-4-5-15-7-9)12-6-8-2-3-8/h4-5,7-8,10,12H,2-3,6H2,1H3/t10-/m0/s1. The summed E-state index contributed by atoms with van der Waals surface area (Å²) < 4.78 is 4.79. The van der Waals surface area contributed by atoms with Gasteiger partial charge in [-0.2, -0.15) is 11.3 Å². The summed E-state index contributed by atoms with van der Waals surface area (Å²) in [4.78, 5) is 11.6. The number of carbonyl (C=O) groups excluding carboxylic acids is 1. The lowest BCUT2D eigenvalue weighted by Crippen LogP contribution is -2.30. The maximum Gasteiger partial charge on any atom is 0.327 e. The third-order valence-electron chi connectivity index (χ3n) is 2.62. The molecule has 1 N–H and O–H groups in total. The Morgan fingerprint density at radius 1 is 1.73 bits per heavy atom. The van der Waals surface area contributed by atoms with Crippen LogP contribution < -0.4 is 5.32 Å². The van der Waals surface area contributed by atoms with Crippen molar-refractivity contribution in [3.05, 3.63) is 22.4 Å². The summed E-state index contributed by atoms with van der Waals surface area (Å²) in [5.74, 6) is 0.560. The number of methoxy groups -OCH3 is 1. The van der Waals surface area contributed by atoms with Crippen LogP contribution in [-0.4, -0.2) is 19.6 Å². The largest absolute Gasteiger partial charge is 0.468 e. The van der Waals surface area contributed by atoms with Gasteiger partial charge >= 0.3 is 5.97 Å². The summed E-state index contributed by atoms with van der Waals surface area (Å²) in [5.41, 5.74) is 1.01. The molecule has 1 aliphatic carbocycles. The molecule has 1 aliphatic rings. The van der Waals surface area contributed by atoms with Crippen LogP contribution in [0.5, 0.6) is 0 Å². The van der Waals surface area contributed by atoms with E-state index >= 15 is 0 Å². The van der Waals surface area contributed by atoms with Gasteiger partial charge in [-0.25, -0.2) is 4.79 Å². The highest BCUT2D eigenvalue weighted by molar-refractivity contribution is 7.08. The van der Waals surface area contributed by atoms with E-state index in [2.05, 4.69) is 5.32 Å². The molecule has 0 aliphatic heterocycles. The molecular weight excluding hydrogens is 210 g/mol. The van der Waals surface area contributed by atoms with Crippen molar-refractivity contribution in [3.8, 4) is 0 Å². The first-order chi connectivity index (χ1) is 7.31. The number of ether oxygens (including phenoxy) is 1. The van der Waals surface area contributed by atoms with Gasteiger partial charge in [0.1, 0.15) is 6.04 Å². The molecule has 0 unspecified atom stereocenters. The number of esters is 1. The van der Waals surface area contributed by atoms with Crippen LogP contribution in [-0.2, 0) is 9.53 Å². The van der Waals surface area contributed by atoms with Crippen LogP contribution in [0.3, 0.4) is 0 Å². The number of carbonyl (C=O) groups is 1. The van der Waals surface area contributed by atoms with Crippen molar-refractivity contribution in [2.75, 3.05) is 13.7 Å². The van der Waals surface area contributed by atoms with Crippen molar-refractivity contribution in [2.45, 2.75) is 18.9 Å². The van der Waals surface area contributed by atoms with E-state index in [-0.39, 0.29) is 12.0 Å². The van der Waals surface area contributed by atoms with Gasteiger partial charge in [-0.05, 0) is 47.7 Å². The first-order valence-corrected chi connectivity index (χ1v) is 6.09. The molecule has 0 spiro atoms. The average Bonchev–Trinajstić information content (AvgIpc) is 2.92. The van der Waals surface area contributed by atoms with E-state index in [1.54, 1.807) is 11.3 Å². The summed E-state index contributed by atoms with van der Waals surface area (Å²) >= 11 is 1.60. The molecule has 0 aromatic carbocycles. The van der Waals surface area contributed by atoms with E-state index in [0.29, 0.717) is 0 Å². The molecule has 1 atom stereocenters. The van der Waals surface area contributed by atoms with Crippen LogP contribution in [0, 0.1) is 5.92 Å². The molecule has 0 radical (unpaired) electrons. The Kier molecular flexibility index (Phi) is 3.38.